The van der Waals surface area contributed by atoms with Crippen LogP contribution >= 0.6 is 11.6 Å². The molecule has 0 fully saturated rings. The lowest BCUT2D eigenvalue weighted by molar-refractivity contribution is 0.170. The van der Waals surface area contributed by atoms with Gasteiger partial charge in [0.2, 0.25) is 0 Å². The predicted molar refractivity (Wildman–Crippen MR) is 102 cm³/mol. The smallest absolute Gasteiger partial charge is 0.119 e. The fraction of sp³-hybridized carbons (Fsp3) is 0.250. The first-order chi connectivity index (χ1) is 12.2. The van der Waals surface area contributed by atoms with Crippen LogP contribution in [0.15, 0.2) is 67.3 Å². The van der Waals surface area contributed by atoms with Crippen LogP contribution in [0.1, 0.15) is 12.0 Å². The Morgan fingerprint density at radius 3 is 2.52 bits per heavy atom. The van der Waals surface area contributed by atoms with Crippen LogP contribution in [0.5, 0.6) is 5.75 Å². The fourth-order valence-electron chi connectivity index (χ4n) is 2.69. The van der Waals surface area contributed by atoms with Gasteiger partial charge in [0, 0.05) is 30.2 Å². The normalized spacial score (nSPS) is 11.9. The second-order valence-electron chi connectivity index (χ2n) is 5.94. The number of aryl methyl sites for hydroxylation is 1. The average molecular weight is 356 g/mol. The summed E-state index contributed by atoms with van der Waals surface area (Å²) in [7, 11) is 1.91. The van der Waals surface area contributed by atoms with Crippen LogP contribution in [0.2, 0.25) is 5.02 Å². The molecule has 0 radical (unpaired) electrons. The molecular formula is C20H22ClN3O. The summed E-state index contributed by atoms with van der Waals surface area (Å²) < 4.78 is 8.28. The standard InChI is InChI=1S/C20H22ClN3O/c1-22-18-7-10-19(11-8-18)25-20(14-24-13-12-23-15-24)9-4-16-2-5-17(21)6-3-16/h2-3,5-8,10-13,15,20,22H,4,9,14H2,1H3. The van der Waals surface area contributed by atoms with Crippen molar-refractivity contribution in [1.82, 2.24) is 9.55 Å². The number of rotatable bonds is 8. The maximum atomic E-state index is 6.23. The number of nitrogens with zero attached hydrogens (tertiary/aromatic N) is 2. The lowest BCUT2D eigenvalue weighted by atomic mass is 10.1. The van der Waals surface area contributed by atoms with Crippen LogP contribution in [-0.4, -0.2) is 22.7 Å². The summed E-state index contributed by atoms with van der Waals surface area (Å²) in [6, 6.07) is 16.0. The van der Waals surface area contributed by atoms with E-state index in [0.717, 1.165) is 35.8 Å². The molecule has 5 heteroatoms. The lowest BCUT2D eigenvalue weighted by Gasteiger charge is -2.20. The van der Waals surface area contributed by atoms with Gasteiger partial charge in [-0.3, -0.25) is 0 Å². The van der Waals surface area contributed by atoms with E-state index in [1.165, 1.54) is 5.56 Å². The van der Waals surface area contributed by atoms with Gasteiger partial charge < -0.3 is 14.6 Å². The Hall–Kier alpha value is -2.46. The molecular weight excluding hydrogens is 334 g/mol. The Labute approximate surface area is 153 Å². The van der Waals surface area contributed by atoms with E-state index < -0.39 is 0 Å². The van der Waals surface area contributed by atoms with Gasteiger partial charge in [0.05, 0.1) is 12.9 Å². The van der Waals surface area contributed by atoms with Crippen molar-refractivity contribution >= 4 is 17.3 Å². The van der Waals surface area contributed by atoms with Crippen molar-refractivity contribution in [2.75, 3.05) is 12.4 Å². The minimum Gasteiger partial charge on any atom is -0.489 e. The molecule has 3 rings (SSSR count). The van der Waals surface area contributed by atoms with Crippen molar-refractivity contribution in [2.24, 2.45) is 0 Å². The number of imidazole rings is 1. The van der Waals surface area contributed by atoms with Crippen molar-refractivity contribution in [2.45, 2.75) is 25.5 Å². The number of hydrogen-bond acceptors (Lipinski definition) is 3. The molecule has 0 aliphatic rings. The number of nitrogens with one attached hydrogen (secondary N) is 1. The highest BCUT2D eigenvalue weighted by Gasteiger charge is 2.12. The van der Waals surface area contributed by atoms with Crippen LogP contribution in [0, 0.1) is 0 Å². The molecule has 0 saturated heterocycles. The first-order valence-electron chi connectivity index (χ1n) is 8.37. The first-order valence-corrected chi connectivity index (χ1v) is 8.75. The molecule has 0 spiro atoms. The summed E-state index contributed by atoms with van der Waals surface area (Å²) >= 11 is 5.96. The zero-order valence-corrected chi connectivity index (χ0v) is 15.0. The average Bonchev–Trinajstić information content (AvgIpc) is 3.15. The molecule has 1 aromatic heterocycles. The number of hydrogen-bond donors (Lipinski definition) is 1. The second-order valence-corrected chi connectivity index (χ2v) is 6.38. The number of halogens is 1. The molecule has 0 amide bonds. The van der Waals surface area contributed by atoms with Gasteiger partial charge in [0.25, 0.3) is 0 Å². The van der Waals surface area contributed by atoms with E-state index in [1.54, 1.807) is 6.20 Å². The van der Waals surface area contributed by atoms with E-state index in [2.05, 4.69) is 27.0 Å². The van der Waals surface area contributed by atoms with Gasteiger partial charge in [-0.25, -0.2) is 4.98 Å². The van der Waals surface area contributed by atoms with Crippen LogP contribution in [-0.2, 0) is 13.0 Å². The van der Waals surface area contributed by atoms with Gasteiger partial charge in [-0.2, -0.15) is 0 Å². The lowest BCUT2D eigenvalue weighted by Crippen LogP contribution is -2.23. The summed E-state index contributed by atoms with van der Waals surface area (Å²) in [5.74, 6) is 0.875. The fourth-order valence-corrected chi connectivity index (χ4v) is 2.81. The van der Waals surface area contributed by atoms with Gasteiger partial charge in [-0.1, -0.05) is 23.7 Å². The molecule has 130 valence electrons. The Kier molecular flexibility index (Phi) is 5.96. The summed E-state index contributed by atoms with van der Waals surface area (Å²) in [5, 5.41) is 3.88. The number of benzene rings is 2. The molecule has 0 aliphatic carbocycles. The minimum absolute atomic E-state index is 0.0605. The molecule has 1 N–H and O–H groups in total. The molecule has 0 aliphatic heterocycles. The Morgan fingerprint density at radius 2 is 1.88 bits per heavy atom. The Morgan fingerprint density at radius 1 is 1.12 bits per heavy atom. The maximum Gasteiger partial charge on any atom is 0.119 e. The van der Waals surface area contributed by atoms with Crippen LogP contribution in [0.4, 0.5) is 5.69 Å². The van der Waals surface area contributed by atoms with Crippen molar-refractivity contribution < 1.29 is 4.74 Å². The summed E-state index contributed by atoms with van der Waals surface area (Å²) in [6.45, 7) is 0.765. The summed E-state index contributed by atoms with van der Waals surface area (Å²) in [4.78, 5) is 4.12. The molecule has 25 heavy (non-hydrogen) atoms. The van der Waals surface area contributed by atoms with Crippen molar-refractivity contribution in [3.05, 3.63) is 77.8 Å². The largest absolute Gasteiger partial charge is 0.489 e. The Balaban J connectivity index is 1.66. The molecule has 3 aromatic rings. The molecule has 2 aromatic carbocycles. The highest BCUT2D eigenvalue weighted by Crippen LogP contribution is 2.19. The third kappa shape index (κ3) is 5.26. The van der Waals surface area contributed by atoms with Crippen molar-refractivity contribution in [1.29, 1.82) is 0 Å². The van der Waals surface area contributed by atoms with Crippen LogP contribution < -0.4 is 10.1 Å². The van der Waals surface area contributed by atoms with Crippen LogP contribution in [0.3, 0.4) is 0 Å². The third-order valence-corrected chi connectivity index (χ3v) is 4.34. The summed E-state index contributed by atoms with van der Waals surface area (Å²) in [5.41, 5.74) is 2.33. The minimum atomic E-state index is 0.0605. The van der Waals surface area contributed by atoms with E-state index in [0.29, 0.717) is 0 Å². The van der Waals surface area contributed by atoms with Gasteiger partial charge >= 0.3 is 0 Å². The highest BCUT2D eigenvalue weighted by atomic mass is 35.5. The predicted octanol–water partition coefficient (Wildman–Crippen LogP) is 4.66. The molecule has 4 nitrogen and oxygen atoms in total. The van der Waals surface area contributed by atoms with E-state index in [4.69, 9.17) is 16.3 Å². The SMILES string of the molecule is CNc1ccc(OC(CCc2ccc(Cl)cc2)Cn2ccnc2)cc1. The molecule has 0 bridgehead atoms. The Bertz CT molecular complexity index is 755. The third-order valence-electron chi connectivity index (χ3n) is 4.09. The summed E-state index contributed by atoms with van der Waals surface area (Å²) in [6.07, 6.45) is 7.48. The van der Waals surface area contributed by atoms with Gasteiger partial charge in [-0.05, 0) is 54.8 Å². The van der Waals surface area contributed by atoms with Gasteiger partial charge in [0.1, 0.15) is 11.9 Å². The quantitative estimate of drug-likeness (QED) is 0.638. The monoisotopic (exact) mass is 355 g/mol. The molecule has 1 unspecified atom stereocenters. The molecule has 1 heterocycles. The highest BCUT2D eigenvalue weighted by molar-refractivity contribution is 6.30. The van der Waals surface area contributed by atoms with Crippen molar-refractivity contribution in [3.8, 4) is 5.75 Å². The van der Waals surface area contributed by atoms with Crippen LogP contribution in [0.25, 0.3) is 0 Å². The van der Waals surface area contributed by atoms with Crippen molar-refractivity contribution in [3.63, 3.8) is 0 Å². The van der Waals surface area contributed by atoms with E-state index in [9.17, 15) is 0 Å². The number of ether oxygens (including phenoxy) is 1. The first kappa shape index (κ1) is 17.4. The van der Waals surface area contributed by atoms with E-state index >= 15 is 0 Å². The molecule has 1 atom stereocenters. The zero-order valence-electron chi connectivity index (χ0n) is 14.2. The molecule has 0 saturated carbocycles. The van der Waals surface area contributed by atoms with E-state index in [1.807, 2.05) is 56.0 Å². The topological polar surface area (TPSA) is 39.1 Å². The van der Waals surface area contributed by atoms with Gasteiger partial charge in [0.15, 0.2) is 0 Å². The van der Waals surface area contributed by atoms with Gasteiger partial charge in [-0.15, -0.1) is 0 Å². The number of aromatic nitrogens is 2. The maximum absolute atomic E-state index is 6.23. The second kappa shape index (κ2) is 8.58. The van der Waals surface area contributed by atoms with E-state index in [-0.39, 0.29) is 6.10 Å². The number of anilines is 1. The zero-order chi connectivity index (χ0) is 17.5.